The molecule has 0 bridgehead atoms. The Balaban J connectivity index is 1.57. The van der Waals surface area contributed by atoms with Crippen molar-refractivity contribution in [3.63, 3.8) is 0 Å². The predicted molar refractivity (Wildman–Crippen MR) is 121 cm³/mol. The van der Waals surface area contributed by atoms with E-state index in [2.05, 4.69) is 36.8 Å². The molecule has 1 aliphatic carbocycles. The zero-order valence-corrected chi connectivity index (χ0v) is 19.7. The van der Waals surface area contributed by atoms with E-state index in [0.717, 1.165) is 19.9 Å². The molecule has 1 atom stereocenters. The standard InChI is InChI=1S/C21H14Br2ClFN2OS/c22-12-7-15(25)19-16(6-11-5-13(24)3-4-14(11)23)27-20(28-17(19)8-12)18-9-26-21(29-18)10-1-2-10/h3-5,7-10,20H,1-2,6H2. The van der Waals surface area contributed by atoms with Crippen LogP contribution in [-0.2, 0) is 6.42 Å². The van der Waals surface area contributed by atoms with Gasteiger partial charge in [-0.05, 0) is 48.7 Å². The quantitative estimate of drug-likeness (QED) is 0.334. The van der Waals surface area contributed by atoms with E-state index in [1.807, 2.05) is 24.4 Å². The number of ether oxygens (including phenoxy) is 1. The van der Waals surface area contributed by atoms with E-state index in [9.17, 15) is 4.39 Å². The number of aliphatic imine (C=N–C) groups is 1. The second-order valence-electron chi connectivity index (χ2n) is 7.09. The van der Waals surface area contributed by atoms with Crippen LogP contribution in [0.1, 0.15) is 46.0 Å². The number of fused-ring (bicyclic) bond motifs is 1. The van der Waals surface area contributed by atoms with E-state index in [0.29, 0.717) is 38.9 Å². The molecule has 1 saturated carbocycles. The van der Waals surface area contributed by atoms with E-state index in [4.69, 9.17) is 21.3 Å². The summed E-state index contributed by atoms with van der Waals surface area (Å²) in [5.41, 5.74) is 1.96. The van der Waals surface area contributed by atoms with Crippen molar-refractivity contribution in [3.8, 4) is 5.75 Å². The van der Waals surface area contributed by atoms with Crippen molar-refractivity contribution in [2.45, 2.75) is 31.4 Å². The first kappa shape index (κ1) is 19.7. The molecule has 5 rings (SSSR count). The van der Waals surface area contributed by atoms with Gasteiger partial charge in [0.15, 0.2) is 0 Å². The first-order valence-corrected chi connectivity index (χ1v) is 11.9. The molecule has 3 nitrogen and oxygen atoms in total. The number of nitrogens with zero attached hydrogens (tertiary/aromatic N) is 2. The molecule has 1 aliphatic heterocycles. The van der Waals surface area contributed by atoms with Gasteiger partial charge in [-0.1, -0.05) is 43.5 Å². The maximum atomic E-state index is 14.9. The van der Waals surface area contributed by atoms with Crippen LogP contribution < -0.4 is 4.74 Å². The number of halogens is 4. The Kier molecular flexibility index (Phi) is 5.26. The third-order valence-corrected chi connectivity index (χ3v) is 7.55. The molecule has 29 heavy (non-hydrogen) atoms. The summed E-state index contributed by atoms with van der Waals surface area (Å²) in [5, 5.41) is 1.75. The summed E-state index contributed by atoms with van der Waals surface area (Å²) in [6.45, 7) is 0. The molecule has 2 aliphatic rings. The number of aromatic nitrogens is 1. The van der Waals surface area contributed by atoms with Crippen molar-refractivity contribution in [1.82, 2.24) is 4.98 Å². The lowest BCUT2D eigenvalue weighted by Gasteiger charge is -2.25. The van der Waals surface area contributed by atoms with Gasteiger partial charge in [0, 0.05) is 32.5 Å². The molecule has 2 heterocycles. The Labute approximate surface area is 193 Å². The van der Waals surface area contributed by atoms with Gasteiger partial charge in [-0.2, -0.15) is 0 Å². The summed E-state index contributed by atoms with van der Waals surface area (Å²) in [7, 11) is 0. The Morgan fingerprint density at radius 3 is 2.83 bits per heavy atom. The van der Waals surface area contributed by atoms with Crippen LogP contribution in [0.15, 0.2) is 50.5 Å². The molecule has 0 N–H and O–H groups in total. The Morgan fingerprint density at radius 2 is 2.03 bits per heavy atom. The highest BCUT2D eigenvalue weighted by Crippen LogP contribution is 2.44. The first-order chi connectivity index (χ1) is 14.0. The number of benzene rings is 2. The highest BCUT2D eigenvalue weighted by molar-refractivity contribution is 9.10. The maximum Gasteiger partial charge on any atom is 0.226 e. The summed E-state index contributed by atoms with van der Waals surface area (Å²) in [5.74, 6) is 0.682. The van der Waals surface area contributed by atoms with E-state index in [1.165, 1.54) is 18.9 Å². The largest absolute Gasteiger partial charge is 0.463 e. The average molecular weight is 557 g/mol. The molecular weight excluding hydrogens is 543 g/mol. The topological polar surface area (TPSA) is 34.5 Å². The maximum absolute atomic E-state index is 14.9. The zero-order valence-electron chi connectivity index (χ0n) is 15.0. The zero-order chi connectivity index (χ0) is 20.1. The molecule has 0 saturated heterocycles. The van der Waals surface area contributed by atoms with Gasteiger partial charge in [0.2, 0.25) is 6.23 Å². The molecule has 0 spiro atoms. The molecule has 1 aromatic heterocycles. The average Bonchev–Trinajstić information content (AvgIpc) is 3.40. The van der Waals surface area contributed by atoms with Crippen molar-refractivity contribution in [2.75, 3.05) is 0 Å². The Morgan fingerprint density at radius 1 is 1.21 bits per heavy atom. The van der Waals surface area contributed by atoms with Crippen LogP contribution in [0, 0.1) is 5.82 Å². The summed E-state index contributed by atoms with van der Waals surface area (Å²) in [4.78, 5) is 10.3. The number of thiazole rings is 1. The van der Waals surface area contributed by atoms with Crippen LogP contribution >= 0.6 is 54.8 Å². The van der Waals surface area contributed by atoms with Crippen molar-refractivity contribution in [3.05, 3.63) is 77.3 Å². The fraction of sp³-hybridized carbons (Fsp3) is 0.238. The second kappa shape index (κ2) is 7.76. The molecule has 0 radical (unpaired) electrons. The normalized spacial score (nSPS) is 18.2. The Bertz CT molecular complexity index is 1150. The van der Waals surface area contributed by atoms with Crippen molar-refractivity contribution < 1.29 is 9.13 Å². The lowest BCUT2D eigenvalue weighted by Crippen LogP contribution is -2.20. The third-order valence-electron chi connectivity index (χ3n) is 4.90. The van der Waals surface area contributed by atoms with E-state index >= 15 is 0 Å². The minimum absolute atomic E-state index is 0.368. The first-order valence-electron chi connectivity index (χ1n) is 9.10. The smallest absolute Gasteiger partial charge is 0.226 e. The van der Waals surface area contributed by atoms with E-state index in [1.54, 1.807) is 17.4 Å². The fourth-order valence-electron chi connectivity index (χ4n) is 3.32. The third kappa shape index (κ3) is 4.02. The van der Waals surface area contributed by atoms with Gasteiger partial charge in [0.25, 0.3) is 0 Å². The highest BCUT2D eigenvalue weighted by Gasteiger charge is 2.31. The van der Waals surface area contributed by atoms with Gasteiger partial charge in [-0.3, -0.25) is 0 Å². The monoisotopic (exact) mass is 554 g/mol. The van der Waals surface area contributed by atoms with Crippen LogP contribution in [-0.4, -0.2) is 10.7 Å². The molecule has 1 fully saturated rings. The van der Waals surface area contributed by atoms with Gasteiger partial charge in [0.1, 0.15) is 11.6 Å². The van der Waals surface area contributed by atoms with Crippen LogP contribution in [0.25, 0.3) is 0 Å². The van der Waals surface area contributed by atoms with Crippen LogP contribution in [0.5, 0.6) is 5.75 Å². The summed E-state index contributed by atoms with van der Waals surface area (Å²) >= 11 is 14.7. The summed E-state index contributed by atoms with van der Waals surface area (Å²) < 4.78 is 22.5. The van der Waals surface area contributed by atoms with Crippen molar-refractivity contribution >= 4 is 60.5 Å². The van der Waals surface area contributed by atoms with Gasteiger partial charge < -0.3 is 4.74 Å². The fourth-order valence-corrected chi connectivity index (χ4v) is 5.37. The number of hydrogen-bond acceptors (Lipinski definition) is 4. The molecular formula is C21H14Br2ClFN2OS. The summed E-state index contributed by atoms with van der Waals surface area (Å²) in [6.07, 6.45) is 4.11. The second-order valence-corrected chi connectivity index (χ2v) is 10.4. The molecule has 3 aromatic rings. The predicted octanol–water partition coefficient (Wildman–Crippen LogP) is 7.46. The molecule has 2 aromatic carbocycles. The molecule has 1 unspecified atom stereocenters. The lowest BCUT2D eigenvalue weighted by molar-refractivity contribution is 0.212. The van der Waals surface area contributed by atoms with Crippen LogP contribution in [0.4, 0.5) is 4.39 Å². The molecule has 8 heteroatoms. The number of hydrogen-bond donors (Lipinski definition) is 0. The van der Waals surface area contributed by atoms with Gasteiger partial charge >= 0.3 is 0 Å². The lowest BCUT2D eigenvalue weighted by atomic mass is 9.99. The van der Waals surface area contributed by atoms with Gasteiger partial charge in [0.05, 0.1) is 21.2 Å². The Hall–Kier alpha value is -1.28. The van der Waals surface area contributed by atoms with Crippen LogP contribution in [0.3, 0.4) is 0 Å². The summed E-state index contributed by atoms with van der Waals surface area (Å²) in [6, 6.07) is 8.79. The molecule has 148 valence electrons. The minimum atomic E-state index is -0.533. The molecule has 0 amide bonds. The van der Waals surface area contributed by atoms with E-state index in [-0.39, 0.29) is 5.82 Å². The van der Waals surface area contributed by atoms with Crippen LogP contribution in [0.2, 0.25) is 5.02 Å². The highest BCUT2D eigenvalue weighted by atomic mass is 79.9. The SMILES string of the molecule is Fc1cc(Br)cc2c1C(Cc1cc(Cl)ccc1Br)=NC(c1cnc(C3CC3)s1)O2. The van der Waals surface area contributed by atoms with Crippen molar-refractivity contribution in [2.24, 2.45) is 4.99 Å². The van der Waals surface area contributed by atoms with E-state index < -0.39 is 6.23 Å². The van der Waals surface area contributed by atoms with Crippen molar-refractivity contribution in [1.29, 1.82) is 0 Å². The van der Waals surface area contributed by atoms with Gasteiger partial charge in [-0.15, -0.1) is 11.3 Å². The van der Waals surface area contributed by atoms with Gasteiger partial charge in [-0.25, -0.2) is 14.4 Å². The minimum Gasteiger partial charge on any atom is -0.463 e. The number of rotatable bonds is 4.